The second kappa shape index (κ2) is 11.0. The van der Waals surface area contributed by atoms with E-state index in [-0.39, 0.29) is 42.5 Å². The number of aliphatic imine (C=N–C) groups is 1. The van der Waals surface area contributed by atoms with Crippen molar-refractivity contribution in [2.24, 2.45) is 4.99 Å². The largest absolute Gasteiger partial charge is 0.434 e. The topological polar surface area (TPSA) is 69.6 Å². The van der Waals surface area contributed by atoms with Crippen molar-refractivity contribution in [3.05, 3.63) is 16.1 Å². The van der Waals surface area contributed by atoms with E-state index in [1.165, 1.54) is 0 Å². The number of carbonyl (C=O) groups excluding carboxylic acids is 1. The molecule has 1 amide bonds. The molecule has 0 radical (unpaired) electrons. The van der Waals surface area contributed by atoms with Crippen molar-refractivity contribution in [1.82, 2.24) is 20.5 Å². The fourth-order valence-electron chi connectivity index (χ4n) is 2.89. The van der Waals surface area contributed by atoms with Crippen LogP contribution in [0.25, 0.3) is 0 Å². The zero-order valence-electron chi connectivity index (χ0n) is 15.3. The Hall–Kier alpha value is -1.11. The van der Waals surface area contributed by atoms with Gasteiger partial charge in [0.25, 0.3) is 0 Å². The van der Waals surface area contributed by atoms with E-state index in [0.29, 0.717) is 23.9 Å². The molecule has 11 heteroatoms. The molecule has 1 aliphatic rings. The fourth-order valence-corrected chi connectivity index (χ4v) is 3.64. The first-order chi connectivity index (χ1) is 12.3. The SMILES string of the molecule is CCC(CCNC(=NC)NCc1nc(C(F)(F)F)cs1)N1CCCC1=O.I. The van der Waals surface area contributed by atoms with Gasteiger partial charge in [-0.15, -0.1) is 35.3 Å². The zero-order valence-corrected chi connectivity index (χ0v) is 18.5. The van der Waals surface area contributed by atoms with Gasteiger partial charge in [0.15, 0.2) is 11.7 Å². The molecule has 27 heavy (non-hydrogen) atoms. The quantitative estimate of drug-likeness (QED) is 0.330. The molecule has 1 fully saturated rings. The molecule has 0 aliphatic carbocycles. The first kappa shape index (κ1) is 23.9. The number of halogens is 4. The summed E-state index contributed by atoms with van der Waals surface area (Å²) in [4.78, 5) is 21.4. The molecule has 1 aliphatic heterocycles. The fraction of sp³-hybridized carbons (Fsp3) is 0.688. The molecule has 1 atom stereocenters. The Morgan fingerprint density at radius 1 is 1.44 bits per heavy atom. The van der Waals surface area contributed by atoms with Gasteiger partial charge in [0, 0.05) is 38.0 Å². The molecule has 2 heterocycles. The smallest absolute Gasteiger partial charge is 0.356 e. The van der Waals surface area contributed by atoms with Crippen LogP contribution in [0.1, 0.15) is 43.3 Å². The third-order valence-electron chi connectivity index (χ3n) is 4.26. The van der Waals surface area contributed by atoms with Crippen molar-refractivity contribution in [1.29, 1.82) is 0 Å². The summed E-state index contributed by atoms with van der Waals surface area (Å²) in [6.45, 7) is 3.66. The van der Waals surface area contributed by atoms with E-state index in [2.05, 4.69) is 27.5 Å². The predicted octanol–water partition coefficient (Wildman–Crippen LogP) is 3.24. The highest BCUT2D eigenvalue weighted by Crippen LogP contribution is 2.29. The number of rotatable bonds is 7. The minimum absolute atomic E-state index is 0. The van der Waals surface area contributed by atoms with Gasteiger partial charge in [-0.3, -0.25) is 9.79 Å². The van der Waals surface area contributed by atoms with Crippen LogP contribution < -0.4 is 10.6 Å². The second-order valence-corrected chi connectivity index (χ2v) is 6.96. The average Bonchev–Trinajstić information content (AvgIpc) is 3.23. The summed E-state index contributed by atoms with van der Waals surface area (Å²) >= 11 is 0.958. The van der Waals surface area contributed by atoms with E-state index in [9.17, 15) is 18.0 Å². The van der Waals surface area contributed by atoms with E-state index in [4.69, 9.17) is 0 Å². The number of hydrogen-bond acceptors (Lipinski definition) is 4. The average molecular weight is 519 g/mol. The molecule has 0 saturated carbocycles. The Bertz CT molecular complexity index is 638. The van der Waals surface area contributed by atoms with Crippen molar-refractivity contribution in [3.8, 4) is 0 Å². The number of alkyl halides is 3. The maximum atomic E-state index is 12.6. The standard InChI is InChI=1S/C16H24F3N5OS.HI/c1-3-11(24-8-4-5-14(24)25)6-7-21-15(20-2)22-9-13-23-12(10-26-13)16(17,18)19;/h10-11H,3-9H2,1-2H3,(H2,20,21,22);1H. The Balaban J connectivity index is 0.00000364. The third kappa shape index (κ3) is 7.09. The van der Waals surface area contributed by atoms with E-state index in [1.807, 2.05) is 4.90 Å². The van der Waals surface area contributed by atoms with Crippen molar-refractivity contribution in [3.63, 3.8) is 0 Å². The van der Waals surface area contributed by atoms with Crippen LogP contribution >= 0.6 is 35.3 Å². The van der Waals surface area contributed by atoms with Gasteiger partial charge >= 0.3 is 6.18 Å². The van der Waals surface area contributed by atoms with Gasteiger partial charge in [0.1, 0.15) is 5.01 Å². The Morgan fingerprint density at radius 3 is 2.70 bits per heavy atom. The minimum atomic E-state index is -4.42. The van der Waals surface area contributed by atoms with Crippen LogP contribution in [0.4, 0.5) is 13.2 Å². The van der Waals surface area contributed by atoms with Crippen molar-refractivity contribution < 1.29 is 18.0 Å². The zero-order chi connectivity index (χ0) is 19.2. The van der Waals surface area contributed by atoms with Gasteiger partial charge < -0.3 is 15.5 Å². The van der Waals surface area contributed by atoms with Gasteiger partial charge in [-0.2, -0.15) is 13.2 Å². The number of nitrogens with one attached hydrogen (secondary N) is 2. The van der Waals surface area contributed by atoms with Gasteiger partial charge in [-0.25, -0.2) is 4.98 Å². The number of carbonyl (C=O) groups is 1. The van der Waals surface area contributed by atoms with Gasteiger partial charge in [-0.05, 0) is 19.3 Å². The maximum Gasteiger partial charge on any atom is 0.434 e. The summed E-state index contributed by atoms with van der Waals surface area (Å²) in [5, 5.41) is 7.44. The highest BCUT2D eigenvalue weighted by atomic mass is 127. The third-order valence-corrected chi connectivity index (χ3v) is 5.11. The summed E-state index contributed by atoms with van der Waals surface area (Å²) in [6, 6.07) is 0.198. The number of amides is 1. The monoisotopic (exact) mass is 519 g/mol. The molecule has 1 unspecified atom stereocenters. The molecule has 6 nitrogen and oxygen atoms in total. The molecule has 0 aromatic carbocycles. The number of nitrogens with zero attached hydrogens (tertiary/aromatic N) is 3. The van der Waals surface area contributed by atoms with E-state index in [0.717, 1.165) is 42.5 Å². The molecule has 2 N–H and O–H groups in total. The summed E-state index contributed by atoms with van der Waals surface area (Å²) in [7, 11) is 1.60. The second-order valence-electron chi connectivity index (χ2n) is 6.02. The number of guanidine groups is 1. The summed E-state index contributed by atoms with van der Waals surface area (Å²) in [5.41, 5.74) is -0.872. The predicted molar refractivity (Wildman–Crippen MR) is 110 cm³/mol. The molecule has 154 valence electrons. The molecule has 1 aromatic rings. The summed E-state index contributed by atoms with van der Waals surface area (Å²) < 4.78 is 37.7. The lowest BCUT2D eigenvalue weighted by atomic mass is 10.1. The highest BCUT2D eigenvalue weighted by molar-refractivity contribution is 14.0. The van der Waals surface area contributed by atoms with E-state index in [1.54, 1.807) is 7.05 Å². The van der Waals surface area contributed by atoms with Gasteiger partial charge in [-0.1, -0.05) is 6.92 Å². The summed E-state index contributed by atoms with van der Waals surface area (Å²) in [6.07, 6.45) is -1.20. The van der Waals surface area contributed by atoms with Crippen LogP contribution in [0.15, 0.2) is 10.4 Å². The van der Waals surface area contributed by atoms with Crippen LogP contribution in [0, 0.1) is 0 Å². The molecule has 0 spiro atoms. The molecular formula is C16H25F3IN5OS. The lowest BCUT2D eigenvalue weighted by molar-refractivity contribution is -0.140. The number of likely N-dealkylation sites (tertiary alicyclic amines) is 1. The van der Waals surface area contributed by atoms with Crippen LogP contribution in [0.2, 0.25) is 0 Å². The van der Waals surface area contributed by atoms with Gasteiger partial charge in [0.05, 0.1) is 6.54 Å². The Morgan fingerprint density at radius 2 is 2.19 bits per heavy atom. The molecule has 0 bridgehead atoms. The Kier molecular flexibility index (Phi) is 9.77. The minimum Gasteiger partial charge on any atom is -0.356 e. The highest BCUT2D eigenvalue weighted by Gasteiger charge is 2.33. The van der Waals surface area contributed by atoms with E-state index < -0.39 is 11.9 Å². The van der Waals surface area contributed by atoms with Crippen LogP contribution in [-0.4, -0.2) is 47.9 Å². The van der Waals surface area contributed by atoms with Crippen LogP contribution in [-0.2, 0) is 17.5 Å². The molecule has 1 aromatic heterocycles. The lowest BCUT2D eigenvalue weighted by Crippen LogP contribution is -2.41. The van der Waals surface area contributed by atoms with Gasteiger partial charge in [0.2, 0.25) is 5.91 Å². The lowest BCUT2D eigenvalue weighted by Gasteiger charge is -2.27. The van der Waals surface area contributed by atoms with Crippen molar-refractivity contribution in [2.45, 2.75) is 51.4 Å². The maximum absolute atomic E-state index is 12.6. The molecule has 2 rings (SSSR count). The first-order valence-electron chi connectivity index (χ1n) is 8.60. The molecule has 1 saturated heterocycles. The van der Waals surface area contributed by atoms with E-state index >= 15 is 0 Å². The number of thiazole rings is 1. The summed E-state index contributed by atoms with van der Waals surface area (Å²) in [5.74, 6) is 0.708. The Labute approximate surface area is 178 Å². The number of hydrogen-bond donors (Lipinski definition) is 2. The first-order valence-corrected chi connectivity index (χ1v) is 9.48. The van der Waals surface area contributed by atoms with Crippen LogP contribution in [0.3, 0.4) is 0 Å². The van der Waals surface area contributed by atoms with Crippen molar-refractivity contribution in [2.75, 3.05) is 20.1 Å². The number of aromatic nitrogens is 1. The molecular weight excluding hydrogens is 494 g/mol. The normalized spacial score (nSPS) is 16.3. The van der Waals surface area contributed by atoms with Crippen molar-refractivity contribution >= 4 is 47.2 Å². The van der Waals surface area contributed by atoms with Crippen LogP contribution in [0.5, 0.6) is 0 Å².